The van der Waals surface area contributed by atoms with Gasteiger partial charge in [-0.1, -0.05) is 0 Å². The van der Waals surface area contributed by atoms with Gasteiger partial charge < -0.3 is 5.32 Å². The molecule has 1 nitrogen and oxygen atoms in total. The average molecular weight is 155 g/mol. The largest absolute Gasteiger partial charge is 0.382 e. The smallest absolute Gasteiger partial charge is 0.146 e. The van der Waals surface area contributed by atoms with Gasteiger partial charge in [-0.25, -0.2) is 8.78 Å². The molecule has 11 heavy (non-hydrogen) atoms. The third-order valence-corrected chi connectivity index (χ3v) is 1.88. The van der Waals surface area contributed by atoms with Crippen LogP contribution in [0, 0.1) is 11.6 Å². The highest BCUT2D eigenvalue weighted by atomic mass is 19.1. The van der Waals surface area contributed by atoms with Gasteiger partial charge in [-0.3, -0.25) is 0 Å². The first-order chi connectivity index (χ1) is 5.29. The summed E-state index contributed by atoms with van der Waals surface area (Å²) in [5.74, 6) is -0.676. The van der Waals surface area contributed by atoms with Crippen molar-refractivity contribution in [2.45, 2.75) is 6.42 Å². The molecule has 1 aromatic rings. The zero-order chi connectivity index (χ0) is 7.84. The molecule has 1 heterocycles. The fourth-order valence-electron chi connectivity index (χ4n) is 1.34. The Morgan fingerprint density at radius 3 is 2.64 bits per heavy atom. The predicted octanol–water partition coefficient (Wildman–Crippen LogP) is 1.93. The van der Waals surface area contributed by atoms with Gasteiger partial charge >= 0.3 is 0 Å². The van der Waals surface area contributed by atoms with Crippen LogP contribution in [0.4, 0.5) is 14.5 Å². The van der Waals surface area contributed by atoms with Gasteiger partial charge in [0.15, 0.2) is 0 Å². The highest BCUT2D eigenvalue weighted by Crippen LogP contribution is 2.27. The zero-order valence-corrected chi connectivity index (χ0v) is 5.82. The Hall–Kier alpha value is -1.12. The number of hydrogen-bond donors (Lipinski definition) is 1. The number of fused-ring (bicyclic) bond motifs is 1. The van der Waals surface area contributed by atoms with Crippen molar-refractivity contribution in [3.63, 3.8) is 0 Å². The lowest BCUT2D eigenvalue weighted by Crippen LogP contribution is -1.93. The minimum absolute atomic E-state index is 0.314. The van der Waals surface area contributed by atoms with E-state index in [0.717, 1.165) is 6.07 Å². The quantitative estimate of drug-likeness (QED) is 0.603. The van der Waals surface area contributed by atoms with Gasteiger partial charge in [-0.2, -0.15) is 0 Å². The summed E-state index contributed by atoms with van der Waals surface area (Å²) >= 11 is 0. The molecular formula is C8H7F2N. The Bertz CT molecular complexity index is 267. The van der Waals surface area contributed by atoms with Crippen molar-refractivity contribution < 1.29 is 8.78 Å². The molecule has 1 N–H and O–H groups in total. The molecule has 1 aliphatic rings. The molecule has 1 aromatic carbocycles. The Morgan fingerprint density at radius 2 is 1.91 bits per heavy atom. The molecule has 0 amide bonds. The number of nitrogens with one attached hydrogen (secondary N) is 1. The predicted molar refractivity (Wildman–Crippen MR) is 38.6 cm³/mol. The maximum atomic E-state index is 12.9. The molecule has 0 bridgehead atoms. The SMILES string of the molecule is Fc1ccc(F)c2c1CCN2. The minimum Gasteiger partial charge on any atom is -0.382 e. The summed E-state index contributed by atoms with van der Waals surface area (Å²) < 4.78 is 25.7. The van der Waals surface area contributed by atoms with Gasteiger partial charge in [0, 0.05) is 12.1 Å². The van der Waals surface area contributed by atoms with E-state index < -0.39 is 0 Å². The van der Waals surface area contributed by atoms with E-state index in [2.05, 4.69) is 5.32 Å². The number of benzene rings is 1. The molecule has 0 spiro atoms. The maximum absolute atomic E-state index is 12.9. The molecule has 0 saturated carbocycles. The molecule has 0 unspecified atom stereocenters. The molecule has 0 saturated heterocycles. The van der Waals surface area contributed by atoms with Crippen molar-refractivity contribution in [2.75, 3.05) is 11.9 Å². The van der Waals surface area contributed by atoms with Crippen LogP contribution in [0.2, 0.25) is 0 Å². The number of hydrogen-bond acceptors (Lipinski definition) is 1. The third kappa shape index (κ3) is 0.878. The summed E-state index contributed by atoms with van der Waals surface area (Å²) in [5.41, 5.74) is 0.815. The van der Waals surface area contributed by atoms with E-state index in [1.54, 1.807) is 0 Å². The van der Waals surface area contributed by atoms with Gasteiger partial charge in [-0.15, -0.1) is 0 Å². The zero-order valence-electron chi connectivity index (χ0n) is 5.82. The van der Waals surface area contributed by atoms with E-state index in [0.29, 0.717) is 24.2 Å². The molecule has 58 valence electrons. The second-order valence-corrected chi connectivity index (χ2v) is 2.56. The van der Waals surface area contributed by atoms with Crippen molar-refractivity contribution >= 4 is 5.69 Å². The topological polar surface area (TPSA) is 12.0 Å². The van der Waals surface area contributed by atoms with Gasteiger partial charge in [0.05, 0.1) is 5.69 Å². The van der Waals surface area contributed by atoms with Crippen LogP contribution in [0.3, 0.4) is 0 Å². The molecule has 3 heteroatoms. The van der Waals surface area contributed by atoms with E-state index in [1.165, 1.54) is 6.07 Å². The first-order valence-corrected chi connectivity index (χ1v) is 3.50. The van der Waals surface area contributed by atoms with Crippen LogP contribution in [0.15, 0.2) is 12.1 Å². The minimum atomic E-state index is -0.362. The summed E-state index contributed by atoms with van der Waals surface area (Å²) in [4.78, 5) is 0. The number of anilines is 1. The second kappa shape index (κ2) is 2.19. The molecule has 1 aliphatic heterocycles. The van der Waals surface area contributed by atoms with E-state index in [1.807, 2.05) is 0 Å². The highest BCUT2D eigenvalue weighted by molar-refractivity contribution is 5.56. The second-order valence-electron chi connectivity index (χ2n) is 2.56. The third-order valence-electron chi connectivity index (χ3n) is 1.88. The summed E-state index contributed by atoms with van der Waals surface area (Å²) in [6.45, 7) is 0.632. The number of rotatable bonds is 0. The Kier molecular flexibility index (Phi) is 1.31. The molecule has 0 fully saturated rings. The highest BCUT2D eigenvalue weighted by Gasteiger charge is 2.17. The summed E-state index contributed by atoms with van der Waals surface area (Å²) in [6.07, 6.45) is 0.582. The lowest BCUT2D eigenvalue weighted by atomic mass is 10.1. The van der Waals surface area contributed by atoms with E-state index in [4.69, 9.17) is 0 Å². The summed E-state index contributed by atoms with van der Waals surface area (Å²) in [7, 11) is 0. The summed E-state index contributed by atoms with van der Waals surface area (Å²) in [6, 6.07) is 2.31. The van der Waals surface area contributed by atoms with Crippen LogP contribution < -0.4 is 5.32 Å². The Labute approximate surface area is 63.0 Å². The number of halogens is 2. The molecular weight excluding hydrogens is 148 g/mol. The molecule has 0 aliphatic carbocycles. The lowest BCUT2D eigenvalue weighted by molar-refractivity contribution is 0.596. The molecule has 0 atom stereocenters. The molecule has 0 aromatic heterocycles. The van der Waals surface area contributed by atoms with E-state index in [9.17, 15) is 8.78 Å². The first kappa shape index (κ1) is 6.58. The van der Waals surface area contributed by atoms with Gasteiger partial charge in [0.25, 0.3) is 0 Å². The fourth-order valence-corrected chi connectivity index (χ4v) is 1.34. The van der Waals surface area contributed by atoms with Crippen molar-refractivity contribution in [1.29, 1.82) is 0 Å². The molecule has 0 radical (unpaired) electrons. The van der Waals surface area contributed by atoms with E-state index >= 15 is 0 Å². The van der Waals surface area contributed by atoms with Crippen LogP contribution in [0.5, 0.6) is 0 Å². The summed E-state index contributed by atoms with van der Waals surface area (Å²) in [5, 5.41) is 2.79. The fraction of sp³-hybridized carbons (Fsp3) is 0.250. The van der Waals surface area contributed by atoms with Gasteiger partial charge in [0.2, 0.25) is 0 Å². The monoisotopic (exact) mass is 155 g/mol. The maximum Gasteiger partial charge on any atom is 0.146 e. The van der Waals surface area contributed by atoms with Crippen LogP contribution in [-0.4, -0.2) is 6.54 Å². The van der Waals surface area contributed by atoms with E-state index in [-0.39, 0.29) is 11.6 Å². The van der Waals surface area contributed by atoms with Crippen molar-refractivity contribution in [3.05, 3.63) is 29.3 Å². The lowest BCUT2D eigenvalue weighted by Gasteiger charge is -2.00. The van der Waals surface area contributed by atoms with Crippen molar-refractivity contribution in [2.24, 2.45) is 0 Å². The first-order valence-electron chi connectivity index (χ1n) is 3.50. The normalized spacial score (nSPS) is 14.4. The Morgan fingerprint density at radius 1 is 1.18 bits per heavy atom. The average Bonchev–Trinajstić information content (AvgIpc) is 2.45. The molecule has 2 rings (SSSR count). The van der Waals surface area contributed by atoms with Gasteiger partial charge in [-0.05, 0) is 18.6 Å². The van der Waals surface area contributed by atoms with Gasteiger partial charge in [0.1, 0.15) is 11.6 Å². The van der Waals surface area contributed by atoms with Crippen LogP contribution in [0.1, 0.15) is 5.56 Å². The van der Waals surface area contributed by atoms with Crippen LogP contribution >= 0.6 is 0 Å². The van der Waals surface area contributed by atoms with Crippen molar-refractivity contribution in [1.82, 2.24) is 0 Å². The van der Waals surface area contributed by atoms with Crippen LogP contribution in [0.25, 0.3) is 0 Å². The standard InChI is InChI=1S/C8H7F2N/c9-6-1-2-7(10)8-5(6)3-4-11-8/h1-2,11H,3-4H2. The van der Waals surface area contributed by atoms with Crippen molar-refractivity contribution in [3.8, 4) is 0 Å². The van der Waals surface area contributed by atoms with Crippen LogP contribution in [-0.2, 0) is 6.42 Å². The Balaban J connectivity index is 2.64.